The highest BCUT2D eigenvalue weighted by atomic mass is 32.2. The number of carbonyl (C=O) groups is 2. The number of hydrogen-bond acceptors (Lipinski definition) is 4. The first kappa shape index (κ1) is 22.2. The number of Topliss-reactive ketones (excluding diaryl/α,β-unsaturated/α-hetero) is 1. The van der Waals surface area contributed by atoms with E-state index in [2.05, 4.69) is 10.0 Å². The monoisotopic (exact) mass is 440 g/mol. The summed E-state index contributed by atoms with van der Waals surface area (Å²) >= 11 is 0. The zero-order valence-electron chi connectivity index (χ0n) is 16.9. The van der Waals surface area contributed by atoms with E-state index in [1.165, 1.54) is 67.6 Å². The van der Waals surface area contributed by atoms with E-state index >= 15 is 0 Å². The maximum absolute atomic E-state index is 13.0. The fraction of sp³-hybridized carbons (Fsp3) is 0.130. The highest BCUT2D eigenvalue weighted by Gasteiger charge is 2.16. The maximum Gasteiger partial charge on any atom is 0.261 e. The minimum atomic E-state index is -3.84. The molecule has 2 N–H and O–H groups in total. The number of carbonyl (C=O) groups excluding carboxylic acids is 2. The Labute approximate surface area is 180 Å². The van der Waals surface area contributed by atoms with Crippen LogP contribution in [-0.4, -0.2) is 20.1 Å². The molecule has 1 unspecified atom stereocenters. The fourth-order valence-electron chi connectivity index (χ4n) is 2.89. The molecule has 0 heterocycles. The highest BCUT2D eigenvalue weighted by Crippen LogP contribution is 2.19. The van der Waals surface area contributed by atoms with Crippen LogP contribution in [0.1, 0.15) is 46.2 Å². The Morgan fingerprint density at radius 3 is 1.94 bits per heavy atom. The summed E-state index contributed by atoms with van der Waals surface area (Å²) in [7, 11) is -3.84. The molecule has 1 amide bonds. The lowest BCUT2D eigenvalue weighted by Gasteiger charge is -2.15. The molecule has 31 heavy (non-hydrogen) atoms. The molecule has 0 bridgehead atoms. The molecule has 6 nitrogen and oxygen atoms in total. The van der Waals surface area contributed by atoms with Gasteiger partial charge in [-0.25, -0.2) is 12.8 Å². The molecule has 0 saturated heterocycles. The standard InChI is InChI=1S/C23H21FN2O4S/c1-15(17-3-9-20(24)10-4-17)25-23(28)19-5-11-21(12-6-19)26-31(29,30)22-13-7-18(8-14-22)16(2)27/h3-15,26H,1-2H3,(H,25,28). The molecular formula is C23H21FN2O4S. The second-order valence-electron chi connectivity index (χ2n) is 7.01. The van der Waals surface area contributed by atoms with Crippen LogP contribution in [0.15, 0.2) is 77.7 Å². The number of benzene rings is 3. The van der Waals surface area contributed by atoms with Gasteiger partial charge < -0.3 is 5.32 Å². The van der Waals surface area contributed by atoms with Crippen molar-refractivity contribution in [2.24, 2.45) is 0 Å². The molecule has 3 aromatic carbocycles. The summed E-state index contributed by atoms with van der Waals surface area (Å²) in [5, 5.41) is 2.81. The Morgan fingerprint density at radius 1 is 0.839 bits per heavy atom. The molecule has 0 aliphatic rings. The van der Waals surface area contributed by atoms with E-state index in [1.54, 1.807) is 19.1 Å². The van der Waals surface area contributed by atoms with Crippen LogP contribution >= 0.6 is 0 Å². The summed E-state index contributed by atoms with van der Waals surface area (Å²) in [4.78, 5) is 23.8. The lowest BCUT2D eigenvalue weighted by atomic mass is 10.1. The number of sulfonamides is 1. The van der Waals surface area contributed by atoms with Gasteiger partial charge >= 0.3 is 0 Å². The molecule has 3 aromatic rings. The second kappa shape index (κ2) is 9.09. The summed E-state index contributed by atoms with van der Waals surface area (Å²) in [6.45, 7) is 3.19. The lowest BCUT2D eigenvalue weighted by molar-refractivity contribution is 0.0939. The van der Waals surface area contributed by atoms with Gasteiger partial charge in [0.15, 0.2) is 5.78 Å². The van der Waals surface area contributed by atoms with Crippen molar-refractivity contribution < 1.29 is 22.4 Å². The van der Waals surface area contributed by atoms with Gasteiger partial charge in [-0.2, -0.15) is 0 Å². The largest absolute Gasteiger partial charge is 0.346 e. The molecule has 160 valence electrons. The van der Waals surface area contributed by atoms with Crippen LogP contribution in [0.2, 0.25) is 0 Å². The van der Waals surface area contributed by atoms with Crippen LogP contribution in [0.3, 0.4) is 0 Å². The molecule has 0 aliphatic heterocycles. The van der Waals surface area contributed by atoms with Crippen molar-refractivity contribution in [3.63, 3.8) is 0 Å². The zero-order valence-corrected chi connectivity index (χ0v) is 17.7. The zero-order chi connectivity index (χ0) is 22.6. The molecule has 0 fully saturated rings. The second-order valence-corrected chi connectivity index (χ2v) is 8.69. The van der Waals surface area contributed by atoms with Crippen molar-refractivity contribution in [2.45, 2.75) is 24.8 Å². The SMILES string of the molecule is CC(=O)c1ccc(S(=O)(=O)Nc2ccc(C(=O)NC(C)c3ccc(F)cc3)cc2)cc1. The Bertz CT molecular complexity index is 1190. The average molecular weight is 440 g/mol. The van der Waals surface area contributed by atoms with E-state index in [0.29, 0.717) is 16.8 Å². The quantitative estimate of drug-likeness (QED) is 0.535. The minimum Gasteiger partial charge on any atom is -0.346 e. The third kappa shape index (κ3) is 5.55. The van der Waals surface area contributed by atoms with Gasteiger partial charge in [-0.05, 0) is 67.9 Å². The topological polar surface area (TPSA) is 92.3 Å². The first-order chi connectivity index (χ1) is 14.7. The summed E-state index contributed by atoms with van der Waals surface area (Å²) in [6.07, 6.45) is 0. The first-order valence-electron chi connectivity index (χ1n) is 9.46. The number of hydrogen-bond donors (Lipinski definition) is 2. The number of rotatable bonds is 7. The van der Waals surface area contributed by atoms with E-state index in [0.717, 1.165) is 5.56 Å². The van der Waals surface area contributed by atoms with Crippen molar-refractivity contribution >= 4 is 27.4 Å². The average Bonchev–Trinajstić information content (AvgIpc) is 2.74. The van der Waals surface area contributed by atoms with E-state index in [9.17, 15) is 22.4 Å². The van der Waals surface area contributed by atoms with Gasteiger partial charge in [0, 0.05) is 16.8 Å². The summed E-state index contributed by atoms with van der Waals surface area (Å²) in [5.41, 5.74) is 1.82. The van der Waals surface area contributed by atoms with Gasteiger partial charge in [0.25, 0.3) is 15.9 Å². The minimum absolute atomic E-state index is 0.0208. The van der Waals surface area contributed by atoms with Crippen molar-refractivity contribution in [3.8, 4) is 0 Å². The van der Waals surface area contributed by atoms with Crippen molar-refractivity contribution in [1.82, 2.24) is 5.32 Å². The molecule has 1 atom stereocenters. The number of amides is 1. The number of anilines is 1. The Kier molecular flexibility index (Phi) is 6.50. The number of nitrogens with one attached hydrogen (secondary N) is 2. The van der Waals surface area contributed by atoms with E-state index < -0.39 is 10.0 Å². The van der Waals surface area contributed by atoms with Crippen LogP contribution < -0.4 is 10.0 Å². The van der Waals surface area contributed by atoms with Crippen molar-refractivity contribution in [2.75, 3.05) is 4.72 Å². The molecule has 0 aromatic heterocycles. The van der Waals surface area contributed by atoms with Gasteiger partial charge in [-0.15, -0.1) is 0 Å². The third-order valence-corrected chi connectivity index (χ3v) is 6.09. The molecular weight excluding hydrogens is 419 g/mol. The number of ketones is 1. The fourth-order valence-corrected chi connectivity index (χ4v) is 3.95. The Balaban J connectivity index is 1.67. The van der Waals surface area contributed by atoms with Crippen LogP contribution in [0.5, 0.6) is 0 Å². The van der Waals surface area contributed by atoms with Crippen LogP contribution in [0.25, 0.3) is 0 Å². The molecule has 8 heteroatoms. The van der Waals surface area contributed by atoms with Crippen LogP contribution in [0.4, 0.5) is 10.1 Å². The molecule has 0 aliphatic carbocycles. The van der Waals surface area contributed by atoms with Gasteiger partial charge in [-0.3, -0.25) is 14.3 Å². The molecule has 3 rings (SSSR count). The lowest BCUT2D eigenvalue weighted by Crippen LogP contribution is -2.26. The Morgan fingerprint density at radius 2 is 1.39 bits per heavy atom. The molecule has 0 radical (unpaired) electrons. The predicted molar refractivity (Wildman–Crippen MR) is 116 cm³/mol. The van der Waals surface area contributed by atoms with Gasteiger partial charge in [0.2, 0.25) is 0 Å². The normalized spacial score (nSPS) is 12.1. The van der Waals surface area contributed by atoms with Gasteiger partial charge in [0.05, 0.1) is 10.9 Å². The summed E-state index contributed by atoms with van der Waals surface area (Å²) in [6, 6.07) is 17.1. The third-order valence-electron chi connectivity index (χ3n) is 4.69. The Hall–Kier alpha value is -3.52. The van der Waals surface area contributed by atoms with E-state index in [4.69, 9.17) is 0 Å². The number of halogens is 1. The molecule has 0 spiro atoms. The van der Waals surface area contributed by atoms with Gasteiger partial charge in [-0.1, -0.05) is 24.3 Å². The van der Waals surface area contributed by atoms with Crippen LogP contribution in [-0.2, 0) is 10.0 Å². The van der Waals surface area contributed by atoms with Crippen molar-refractivity contribution in [3.05, 3.63) is 95.3 Å². The maximum atomic E-state index is 13.0. The first-order valence-corrected chi connectivity index (χ1v) is 10.9. The van der Waals surface area contributed by atoms with Gasteiger partial charge in [0.1, 0.15) is 5.82 Å². The predicted octanol–water partition coefficient (Wildman–Crippen LogP) is 4.32. The summed E-state index contributed by atoms with van der Waals surface area (Å²) in [5.74, 6) is -0.847. The highest BCUT2D eigenvalue weighted by molar-refractivity contribution is 7.92. The smallest absolute Gasteiger partial charge is 0.261 e. The van der Waals surface area contributed by atoms with E-state index in [-0.39, 0.29) is 28.4 Å². The van der Waals surface area contributed by atoms with Crippen LogP contribution in [0, 0.1) is 5.82 Å². The van der Waals surface area contributed by atoms with E-state index in [1.807, 2.05) is 0 Å². The molecule has 0 saturated carbocycles. The van der Waals surface area contributed by atoms with Crippen molar-refractivity contribution in [1.29, 1.82) is 0 Å². The summed E-state index contributed by atoms with van der Waals surface area (Å²) < 4.78 is 40.5.